The molecule has 0 bridgehead atoms. The van der Waals surface area contributed by atoms with E-state index in [2.05, 4.69) is 17.2 Å². The number of hydrogen-bond donors (Lipinski definition) is 1. The Balaban J connectivity index is 1.59. The van der Waals surface area contributed by atoms with E-state index in [0.717, 1.165) is 11.1 Å². The van der Waals surface area contributed by atoms with Gasteiger partial charge in [0.15, 0.2) is 11.6 Å². The van der Waals surface area contributed by atoms with E-state index in [1.165, 1.54) is 6.07 Å². The highest BCUT2D eigenvalue weighted by Crippen LogP contribution is 2.24. The van der Waals surface area contributed by atoms with Gasteiger partial charge in [0.2, 0.25) is 5.91 Å². The van der Waals surface area contributed by atoms with Gasteiger partial charge in [0.1, 0.15) is 6.61 Å². The van der Waals surface area contributed by atoms with E-state index in [9.17, 15) is 9.18 Å². The van der Waals surface area contributed by atoms with Crippen LogP contribution in [0.3, 0.4) is 0 Å². The van der Waals surface area contributed by atoms with Crippen LogP contribution in [0.25, 0.3) is 0 Å². The van der Waals surface area contributed by atoms with E-state index in [1.54, 1.807) is 18.2 Å². The number of ether oxygens (including phenoxy) is 1. The number of hydrogen-bond acceptors (Lipinski definition) is 2. The van der Waals surface area contributed by atoms with Gasteiger partial charge in [0, 0.05) is 0 Å². The van der Waals surface area contributed by atoms with Gasteiger partial charge in [0.25, 0.3) is 0 Å². The first-order chi connectivity index (χ1) is 13.8. The normalized spacial score (nSPS) is 10.1. The van der Waals surface area contributed by atoms with Gasteiger partial charge in [-0.25, -0.2) is 4.39 Å². The Morgan fingerprint density at radius 3 is 2.04 bits per heavy atom. The summed E-state index contributed by atoms with van der Waals surface area (Å²) >= 11 is 0. The van der Waals surface area contributed by atoms with Crippen LogP contribution in [0, 0.1) is 17.7 Å². The first-order valence-corrected chi connectivity index (χ1v) is 8.96. The number of rotatable bonds is 6. The predicted molar refractivity (Wildman–Crippen MR) is 107 cm³/mol. The van der Waals surface area contributed by atoms with Crippen LogP contribution in [-0.4, -0.2) is 19.1 Å². The summed E-state index contributed by atoms with van der Waals surface area (Å²) in [6, 6.07) is 25.4. The Morgan fingerprint density at radius 2 is 1.43 bits per heavy atom. The second-order valence-electron chi connectivity index (χ2n) is 6.04. The van der Waals surface area contributed by atoms with Crippen molar-refractivity contribution < 1.29 is 13.9 Å². The second kappa shape index (κ2) is 9.94. The summed E-state index contributed by atoms with van der Waals surface area (Å²) in [6.45, 7) is 0.243. The molecule has 0 atom stereocenters. The van der Waals surface area contributed by atoms with Crippen LogP contribution in [0.15, 0.2) is 84.9 Å². The van der Waals surface area contributed by atoms with Crippen LogP contribution in [0.5, 0.6) is 5.75 Å². The molecule has 3 nitrogen and oxygen atoms in total. The number of amides is 1. The molecule has 0 spiro atoms. The van der Waals surface area contributed by atoms with Crippen LogP contribution in [0.2, 0.25) is 0 Å². The van der Waals surface area contributed by atoms with Crippen molar-refractivity contribution in [1.82, 2.24) is 5.32 Å². The Kier molecular flexibility index (Phi) is 6.81. The maximum Gasteiger partial charge on any atom is 0.232 e. The average molecular weight is 373 g/mol. The van der Waals surface area contributed by atoms with E-state index in [4.69, 9.17) is 4.74 Å². The number of para-hydroxylation sites is 1. The van der Waals surface area contributed by atoms with Crippen LogP contribution < -0.4 is 10.1 Å². The molecule has 1 amide bonds. The smallest absolute Gasteiger partial charge is 0.232 e. The summed E-state index contributed by atoms with van der Waals surface area (Å²) in [5, 5.41) is 2.85. The molecule has 0 unspecified atom stereocenters. The molecular formula is C24H20FNO2. The molecule has 0 aliphatic rings. The lowest BCUT2D eigenvalue weighted by Crippen LogP contribution is -2.30. The molecule has 0 saturated carbocycles. The van der Waals surface area contributed by atoms with Gasteiger partial charge >= 0.3 is 0 Å². The first kappa shape index (κ1) is 19.2. The van der Waals surface area contributed by atoms with E-state index in [1.807, 2.05) is 60.7 Å². The van der Waals surface area contributed by atoms with Gasteiger partial charge in [-0.15, -0.1) is 0 Å². The van der Waals surface area contributed by atoms with Gasteiger partial charge in [-0.3, -0.25) is 4.79 Å². The molecule has 3 aromatic carbocycles. The van der Waals surface area contributed by atoms with E-state index >= 15 is 0 Å². The molecule has 3 aromatic rings. The van der Waals surface area contributed by atoms with Gasteiger partial charge in [-0.05, 0) is 23.3 Å². The highest BCUT2D eigenvalue weighted by Gasteiger charge is 2.21. The molecule has 0 radical (unpaired) electrons. The van der Waals surface area contributed by atoms with Gasteiger partial charge < -0.3 is 10.1 Å². The molecule has 0 aromatic heterocycles. The largest absolute Gasteiger partial charge is 0.478 e. The summed E-state index contributed by atoms with van der Waals surface area (Å²) in [6.07, 6.45) is 0. The lowest BCUT2D eigenvalue weighted by atomic mass is 9.90. The predicted octanol–water partition coefficient (Wildman–Crippen LogP) is 4.16. The van der Waals surface area contributed by atoms with Crippen LogP contribution in [0.1, 0.15) is 17.0 Å². The highest BCUT2D eigenvalue weighted by molar-refractivity contribution is 5.87. The van der Waals surface area contributed by atoms with Crippen molar-refractivity contribution >= 4 is 5.91 Å². The molecule has 1 N–H and O–H groups in total. The minimum absolute atomic E-state index is 0.0532. The fourth-order valence-electron chi connectivity index (χ4n) is 2.81. The Bertz CT molecular complexity index is 922. The molecule has 0 saturated heterocycles. The molecule has 0 heterocycles. The quantitative estimate of drug-likeness (QED) is 0.659. The average Bonchev–Trinajstić information content (AvgIpc) is 2.73. The Labute approximate surface area is 164 Å². The topological polar surface area (TPSA) is 38.3 Å². The zero-order chi connectivity index (χ0) is 19.6. The minimum atomic E-state index is -0.425. The third-order valence-electron chi connectivity index (χ3n) is 4.14. The van der Waals surface area contributed by atoms with Crippen molar-refractivity contribution in [3.05, 3.63) is 102 Å². The molecule has 3 rings (SSSR count). The van der Waals surface area contributed by atoms with Gasteiger partial charge in [0.05, 0.1) is 12.5 Å². The maximum atomic E-state index is 13.5. The van der Waals surface area contributed by atoms with Gasteiger partial charge in [-0.2, -0.15) is 0 Å². The fourth-order valence-corrected chi connectivity index (χ4v) is 2.81. The lowest BCUT2D eigenvalue weighted by Gasteiger charge is -2.17. The molecular weight excluding hydrogens is 353 g/mol. The minimum Gasteiger partial charge on any atom is -0.478 e. The summed E-state index contributed by atoms with van der Waals surface area (Å²) < 4.78 is 18.7. The Morgan fingerprint density at radius 1 is 0.857 bits per heavy atom. The van der Waals surface area contributed by atoms with Crippen molar-refractivity contribution in [2.24, 2.45) is 0 Å². The van der Waals surface area contributed by atoms with E-state index in [0.29, 0.717) is 0 Å². The molecule has 28 heavy (non-hydrogen) atoms. The first-order valence-electron chi connectivity index (χ1n) is 8.96. The van der Waals surface area contributed by atoms with Crippen LogP contribution in [0.4, 0.5) is 4.39 Å². The summed E-state index contributed by atoms with van der Waals surface area (Å²) in [4.78, 5) is 12.8. The number of halogens is 1. The molecule has 140 valence electrons. The van der Waals surface area contributed by atoms with Crippen LogP contribution in [-0.2, 0) is 4.79 Å². The maximum absolute atomic E-state index is 13.5. The number of carbonyl (C=O) groups is 1. The SMILES string of the molecule is O=C(NCC#CCOc1ccccc1F)C(c1ccccc1)c1ccccc1. The standard InChI is InChI=1S/C24H20FNO2/c25-21-15-7-8-16-22(21)28-18-10-9-17-26-24(27)23(19-11-3-1-4-12-19)20-13-5-2-6-14-20/h1-8,11-16,23H,17-18H2,(H,26,27). The summed E-state index contributed by atoms with van der Waals surface area (Å²) in [5.41, 5.74) is 1.84. The number of carbonyl (C=O) groups excluding carboxylic acids is 1. The second-order valence-corrected chi connectivity index (χ2v) is 6.04. The zero-order valence-corrected chi connectivity index (χ0v) is 15.3. The third kappa shape index (κ3) is 5.21. The Hall–Kier alpha value is -3.58. The molecule has 0 fully saturated rings. The van der Waals surface area contributed by atoms with Crippen molar-refractivity contribution in [2.75, 3.05) is 13.2 Å². The molecule has 4 heteroatoms. The lowest BCUT2D eigenvalue weighted by molar-refractivity contribution is -0.121. The number of nitrogens with one attached hydrogen (secondary N) is 1. The van der Waals surface area contributed by atoms with E-state index < -0.39 is 11.7 Å². The van der Waals surface area contributed by atoms with Gasteiger partial charge in [-0.1, -0.05) is 84.6 Å². The van der Waals surface area contributed by atoms with Crippen molar-refractivity contribution in [1.29, 1.82) is 0 Å². The fraction of sp³-hybridized carbons (Fsp3) is 0.125. The number of benzene rings is 3. The third-order valence-corrected chi connectivity index (χ3v) is 4.14. The highest BCUT2D eigenvalue weighted by atomic mass is 19.1. The molecule has 0 aliphatic heterocycles. The van der Waals surface area contributed by atoms with Crippen LogP contribution >= 0.6 is 0 Å². The van der Waals surface area contributed by atoms with E-state index in [-0.39, 0.29) is 24.8 Å². The monoisotopic (exact) mass is 373 g/mol. The zero-order valence-electron chi connectivity index (χ0n) is 15.3. The summed E-state index contributed by atoms with van der Waals surface area (Å²) in [7, 11) is 0. The van der Waals surface area contributed by atoms with Crippen molar-refractivity contribution in [3.8, 4) is 17.6 Å². The van der Waals surface area contributed by atoms with Crippen molar-refractivity contribution in [2.45, 2.75) is 5.92 Å². The molecule has 0 aliphatic carbocycles. The van der Waals surface area contributed by atoms with Crippen molar-refractivity contribution in [3.63, 3.8) is 0 Å². The summed E-state index contributed by atoms with van der Waals surface area (Å²) in [5.74, 6) is 4.82.